The van der Waals surface area contributed by atoms with E-state index in [4.69, 9.17) is 16.0 Å². The number of hydrogen-bond donors (Lipinski definition) is 2. The number of hydrazine groups is 1. The van der Waals surface area contributed by atoms with Gasteiger partial charge >= 0.3 is 5.76 Å². The molecular formula is C17H15ClN4O5. The van der Waals surface area contributed by atoms with Crippen LogP contribution in [-0.4, -0.2) is 20.9 Å². The van der Waals surface area contributed by atoms with Crippen molar-refractivity contribution in [2.45, 2.75) is 19.5 Å². The maximum atomic E-state index is 11.9. The molecule has 140 valence electrons. The van der Waals surface area contributed by atoms with Crippen LogP contribution in [0.25, 0.3) is 11.1 Å². The number of oxazole rings is 1. The van der Waals surface area contributed by atoms with Crippen LogP contribution in [0.1, 0.15) is 6.42 Å². The number of carbonyl (C=O) groups excluding carboxylic acids is 2. The third kappa shape index (κ3) is 4.45. The van der Waals surface area contributed by atoms with Crippen molar-refractivity contribution >= 4 is 34.5 Å². The molecule has 1 aromatic carbocycles. The van der Waals surface area contributed by atoms with Gasteiger partial charge in [-0.25, -0.2) is 4.79 Å². The van der Waals surface area contributed by atoms with Crippen molar-refractivity contribution in [2.75, 3.05) is 0 Å². The summed E-state index contributed by atoms with van der Waals surface area (Å²) in [5, 5.41) is 0.432. The number of hydrogen-bond acceptors (Lipinski definition) is 5. The zero-order valence-corrected chi connectivity index (χ0v) is 14.7. The summed E-state index contributed by atoms with van der Waals surface area (Å²) in [6.45, 7) is -0.167. The van der Waals surface area contributed by atoms with E-state index in [1.165, 1.54) is 27.5 Å². The summed E-state index contributed by atoms with van der Waals surface area (Å²) in [4.78, 5) is 47.1. The van der Waals surface area contributed by atoms with E-state index in [9.17, 15) is 19.2 Å². The van der Waals surface area contributed by atoms with Crippen LogP contribution in [0.5, 0.6) is 0 Å². The van der Waals surface area contributed by atoms with E-state index in [1.807, 2.05) is 0 Å². The fourth-order valence-electron chi connectivity index (χ4n) is 2.45. The highest BCUT2D eigenvalue weighted by Gasteiger charge is 2.12. The minimum atomic E-state index is -0.604. The van der Waals surface area contributed by atoms with E-state index in [-0.39, 0.29) is 25.1 Å². The molecule has 3 rings (SSSR count). The third-order valence-corrected chi connectivity index (χ3v) is 3.98. The maximum Gasteiger partial charge on any atom is 0.419 e. The first kappa shape index (κ1) is 18.5. The highest BCUT2D eigenvalue weighted by Crippen LogP contribution is 2.18. The summed E-state index contributed by atoms with van der Waals surface area (Å²) < 4.78 is 7.58. The molecule has 2 amide bonds. The Kier molecular flexibility index (Phi) is 5.41. The quantitative estimate of drug-likeness (QED) is 0.620. The van der Waals surface area contributed by atoms with E-state index in [0.29, 0.717) is 16.1 Å². The summed E-state index contributed by atoms with van der Waals surface area (Å²) in [7, 11) is 0. The Morgan fingerprint density at radius 1 is 1.07 bits per heavy atom. The van der Waals surface area contributed by atoms with Crippen molar-refractivity contribution in [1.29, 1.82) is 0 Å². The minimum Gasteiger partial charge on any atom is -0.408 e. The molecule has 3 aromatic rings. The van der Waals surface area contributed by atoms with E-state index in [2.05, 4.69) is 10.9 Å². The van der Waals surface area contributed by atoms with Crippen molar-refractivity contribution in [3.05, 3.63) is 68.5 Å². The Morgan fingerprint density at radius 2 is 1.85 bits per heavy atom. The molecule has 0 aliphatic rings. The number of pyridine rings is 1. The molecule has 2 heterocycles. The van der Waals surface area contributed by atoms with E-state index in [0.717, 1.165) is 0 Å². The van der Waals surface area contributed by atoms with Crippen molar-refractivity contribution in [3.8, 4) is 0 Å². The van der Waals surface area contributed by atoms with Gasteiger partial charge in [0.1, 0.15) is 6.54 Å². The third-order valence-electron chi connectivity index (χ3n) is 3.75. The average molecular weight is 391 g/mol. The smallest absolute Gasteiger partial charge is 0.408 e. The molecule has 10 heteroatoms. The number of nitrogens with zero attached hydrogens (tertiary/aromatic N) is 2. The molecule has 0 atom stereocenters. The summed E-state index contributed by atoms with van der Waals surface area (Å²) in [5.41, 5.74) is 4.98. The minimum absolute atomic E-state index is 0.0628. The van der Waals surface area contributed by atoms with Gasteiger partial charge in [0, 0.05) is 36.3 Å². The van der Waals surface area contributed by atoms with Gasteiger partial charge in [-0.3, -0.25) is 29.8 Å². The number of halogens is 1. The number of benzene rings is 1. The Morgan fingerprint density at radius 3 is 2.63 bits per heavy atom. The molecule has 2 N–H and O–H groups in total. The van der Waals surface area contributed by atoms with Crippen LogP contribution in [-0.2, 0) is 22.7 Å². The highest BCUT2D eigenvalue weighted by atomic mass is 35.5. The van der Waals surface area contributed by atoms with Gasteiger partial charge in [-0.15, -0.1) is 0 Å². The van der Waals surface area contributed by atoms with E-state index >= 15 is 0 Å². The maximum absolute atomic E-state index is 11.9. The summed E-state index contributed by atoms with van der Waals surface area (Å²) in [6.07, 6.45) is 1.40. The van der Waals surface area contributed by atoms with E-state index in [1.54, 1.807) is 24.3 Å². The van der Waals surface area contributed by atoms with Crippen LogP contribution in [0.4, 0.5) is 0 Å². The van der Waals surface area contributed by atoms with Crippen LogP contribution in [0.2, 0.25) is 5.02 Å². The predicted molar refractivity (Wildman–Crippen MR) is 97.1 cm³/mol. The highest BCUT2D eigenvalue weighted by molar-refractivity contribution is 6.31. The second-order valence-electron chi connectivity index (χ2n) is 5.64. The summed E-state index contributed by atoms with van der Waals surface area (Å²) in [6, 6.07) is 9.26. The van der Waals surface area contributed by atoms with Gasteiger partial charge in [0.15, 0.2) is 5.58 Å². The molecule has 27 heavy (non-hydrogen) atoms. The van der Waals surface area contributed by atoms with Crippen LogP contribution >= 0.6 is 11.6 Å². The number of rotatable bonds is 5. The number of aromatic nitrogens is 2. The molecule has 0 spiro atoms. The van der Waals surface area contributed by atoms with Crippen molar-refractivity contribution in [2.24, 2.45) is 0 Å². The van der Waals surface area contributed by atoms with Crippen molar-refractivity contribution in [1.82, 2.24) is 20.0 Å². The predicted octanol–water partition coefficient (Wildman–Crippen LogP) is 0.647. The Bertz CT molecular complexity index is 1110. The lowest BCUT2D eigenvalue weighted by Gasteiger charge is -2.08. The molecule has 0 bridgehead atoms. The first-order valence-electron chi connectivity index (χ1n) is 7.96. The van der Waals surface area contributed by atoms with Crippen LogP contribution in [0, 0.1) is 0 Å². The second-order valence-corrected chi connectivity index (χ2v) is 6.08. The first-order valence-corrected chi connectivity index (χ1v) is 8.34. The van der Waals surface area contributed by atoms with Gasteiger partial charge in [0.05, 0.1) is 5.52 Å². The van der Waals surface area contributed by atoms with Crippen LogP contribution < -0.4 is 22.2 Å². The van der Waals surface area contributed by atoms with Crippen LogP contribution in [0.15, 0.2) is 56.6 Å². The second kappa shape index (κ2) is 7.92. The lowest BCUT2D eigenvalue weighted by molar-refractivity contribution is -0.129. The first-order chi connectivity index (χ1) is 12.9. The van der Waals surface area contributed by atoms with E-state index < -0.39 is 17.6 Å². The van der Waals surface area contributed by atoms with Crippen molar-refractivity contribution < 1.29 is 14.0 Å². The number of amides is 2. The summed E-state index contributed by atoms with van der Waals surface area (Å²) in [5.74, 6) is -1.66. The molecule has 0 saturated carbocycles. The Labute approximate surface area is 157 Å². The fraction of sp³-hybridized carbons (Fsp3) is 0.176. The molecular weight excluding hydrogens is 376 g/mol. The van der Waals surface area contributed by atoms with Gasteiger partial charge in [-0.2, -0.15) is 0 Å². The Balaban J connectivity index is 1.54. The largest absolute Gasteiger partial charge is 0.419 e. The van der Waals surface area contributed by atoms with Gasteiger partial charge in [-0.1, -0.05) is 17.7 Å². The normalized spacial score (nSPS) is 10.7. The molecule has 9 nitrogen and oxygen atoms in total. The average Bonchev–Trinajstić information content (AvgIpc) is 2.94. The molecule has 2 aromatic heterocycles. The van der Waals surface area contributed by atoms with Gasteiger partial charge in [0.2, 0.25) is 5.91 Å². The molecule has 0 saturated heterocycles. The zero-order valence-electron chi connectivity index (χ0n) is 14.0. The van der Waals surface area contributed by atoms with Crippen molar-refractivity contribution in [3.63, 3.8) is 0 Å². The zero-order chi connectivity index (χ0) is 19.4. The molecule has 0 fully saturated rings. The monoisotopic (exact) mass is 390 g/mol. The Hall–Kier alpha value is -3.33. The molecule has 0 radical (unpaired) electrons. The number of nitrogens with one attached hydrogen (secondary N) is 2. The standard InChI is InChI=1S/C17H15ClN4O5/c18-11-4-5-12-13(9-11)27-17(26)22(12)8-6-14(23)19-20-15(24)10-21-7-2-1-3-16(21)25/h1-5,7,9H,6,8,10H2,(H,19,23)(H,20,24). The SMILES string of the molecule is O=C(CCn1c(=O)oc2cc(Cl)ccc21)NNC(=O)Cn1ccccc1=O. The van der Waals surface area contributed by atoms with Gasteiger partial charge in [0.25, 0.3) is 11.5 Å². The number of aryl methyl sites for hydroxylation is 1. The lowest BCUT2D eigenvalue weighted by Crippen LogP contribution is -2.44. The van der Waals surface area contributed by atoms with Gasteiger partial charge in [-0.05, 0) is 18.2 Å². The molecule has 0 unspecified atom stereocenters. The number of carbonyl (C=O) groups is 2. The van der Waals surface area contributed by atoms with Crippen LogP contribution in [0.3, 0.4) is 0 Å². The van der Waals surface area contributed by atoms with Gasteiger partial charge < -0.3 is 8.98 Å². The molecule has 0 aliphatic carbocycles. The number of fused-ring (bicyclic) bond motifs is 1. The molecule has 0 aliphatic heterocycles. The summed E-state index contributed by atoms with van der Waals surface area (Å²) >= 11 is 5.85. The lowest BCUT2D eigenvalue weighted by atomic mass is 10.3. The fourth-order valence-corrected chi connectivity index (χ4v) is 2.61. The topological polar surface area (TPSA) is 115 Å².